The molecule has 1 aromatic carbocycles. The molecule has 2 N–H and O–H groups in total. The molecule has 0 radical (unpaired) electrons. The molecule has 0 amide bonds. The van der Waals surface area contributed by atoms with E-state index in [1.54, 1.807) is 12.1 Å². The van der Waals surface area contributed by atoms with Gasteiger partial charge >= 0.3 is 6.18 Å². The fraction of sp³-hybridized carbons (Fsp3) is 0.571. The Morgan fingerprint density at radius 1 is 1.16 bits per heavy atom. The van der Waals surface area contributed by atoms with Crippen LogP contribution >= 0.6 is 0 Å². The smallest absolute Gasteiger partial charge is 0.330 e. The Morgan fingerprint density at radius 2 is 1.79 bits per heavy atom. The van der Waals surface area contributed by atoms with Crippen molar-refractivity contribution < 1.29 is 13.2 Å². The first-order valence-corrected chi connectivity index (χ1v) is 6.58. The zero-order valence-electron chi connectivity index (χ0n) is 10.5. The molecule has 2 nitrogen and oxygen atoms in total. The maximum absolute atomic E-state index is 12.9. The summed E-state index contributed by atoms with van der Waals surface area (Å²) in [7, 11) is 0. The monoisotopic (exact) mass is 270 g/mol. The van der Waals surface area contributed by atoms with Crippen LogP contribution in [0, 0.1) is 17.8 Å². The minimum atomic E-state index is -4.26. The molecule has 0 spiro atoms. The van der Waals surface area contributed by atoms with E-state index in [4.69, 9.17) is 5.73 Å². The molecule has 2 unspecified atom stereocenters. The second-order valence-electron chi connectivity index (χ2n) is 5.58. The molecule has 104 valence electrons. The molecule has 1 saturated heterocycles. The highest BCUT2D eigenvalue weighted by Crippen LogP contribution is 2.51. The Morgan fingerprint density at radius 3 is 2.37 bits per heavy atom. The van der Waals surface area contributed by atoms with Gasteiger partial charge in [-0.25, -0.2) is 0 Å². The number of alkyl halides is 3. The summed E-state index contributed by atoms with van der Waals surface area (Å²) in [6.07, 6.45) is -4.26. The maximum Gasteiger partial charge on any atom is 0.416 e. The van der Waals surface area contributed by atoms with Crippen molar-refractivity contribution in [3.8, 4) is 0 Å². The molecular weight excluding hydrogens is 253 g/mol. The summed E-state index contributed by atoms with van der Waals surface area (Å²) < 4.78 is 38.7. The molecule has 2 atom stereocenters. The number of fused-ring (bicyclic) bond motifs is 1. The van der Waals surface area contributed by atoms with E-state index in [1.165, 1.54) is 6.07 Å². The lowest BCUT2D eigenvalue weighted by Gasteiger charge is -2.21. The van der Waals surface area contributed by atoms with Crippen LogP contribution < -0.4 is 5.73 Å². The molecule has 2 fully saturated rings. The fourth-order valence-electron chi connectivity index (χ4n) is 3.39. The van der Waals surface area contributed by atoms with Gasteiger partial charge in [-0.05, 0) is 35.9 Å². The minimum absolute atomic E-state index is 0.376. The zero-order chi connectivity index (χ0) is 13.6. The number of rotatable bonds is 3. The van der Waals surface area contributed by atoms with E-state index in [-0.39, 0.29) is 0 Å². The highest BCUT2D eigenvalue weighted by Gasteiger charge is 2.54. The molecule has 1 aromatic rings. The van der Waals surface area contributed by atoms with Crippen molar-refractivity contribution in [1.29, 1.82) is 0 Å². The van der Waals surface area contributed by atoms with Crippen LogP contribution in [0.2, 0.25) is 0 Å². The molecule has 1 saturated carbocycles. The minimum Gasteiger partial charge on any atom is -0.330 e. The molecule has 19 heavy (non-hydrogen) atoms. The predicted octanol–water partition coefficient (Wildman–Crippen LogP) is 2.34. The summed E-state index contributed by atoms with van der Waals surface area (Å²) in [5.41, 5.74) is 5.50. The van der Waals surface area contributed by atoms with E-state index in [0.29, 0.717) is 36.4 Å². The lowest BCUT2D eigenvalue weighted by molar-refractivity contribution is -0.138. The molecule has 2 aliphatic rings. The van der Waals surface area contributed by atoms with Gasteiger partial charge in [-0.15, -0.1) is 0 Å². The number of nitrogens with zero attached hydrogens (tertiary/aromatic N) is 1. The largest absolute Gasteiger partial charge is 0.416 e. The van der Waals surface area contributed by atoms with Crippen LogP contribution in [0.3, 0.4) is 0 Å². The van der Waals surface area contributed by atoms with E-state index in [1.807, 2.05) is 0 Å². The molecule has 3 rings (SSSR count). The van der Waals surface area contributed by atoms with Crippen LogP contribution in [0.25, 0.3) is 0 Å². The summed E-state index contributed by atoms with van der Waals surface area (Å²) in [5, 5.41) is 0. The van der Waals surface area contributed by atoms with Crippen LogP contribution in [0.15, 0.2) is 24.3 Å². The zero-order valence-corrected chi connectivity index (χ0v) is 10.5. The third-order valence-corrected chi connectivity index (χ3v) is 4.44. The summed E-state index contributed by atoms with van der Waals surface area (Å²) in [4.78, 5) is 2.12. The fourth-order valence-corrected chi connectivity index (χ4v) is 3.39. The first kappa shape index (κ1) is 12.9. The average Bonchev–Trinajstić information content (AvgIpc) is 2.83. The van der Waals surface area contributed by atoms with Gasteiger partial charge in [0, 0.05) is 19.6 Å². The van der Waals surface area contributed by atoms with Crippen LogP contribution in [-0.2, 0) is 12.7 Å². The predicted molar refractivity (Wildman–Crippen MR) is 66.2 cm³/mol. The number of nitrogens with two attached hydrogens (primary N) is 1. The van der Waals surface area contributed by atoms with E-state index < -0.39 is 11.7 Å². The van der Waals surface area contributed by atoms with Gasteiger partial charge in [0.05, 0.1) is 5.56 Å². The number of piperidine rings is 1. The van der Waals surface area contributed by atoms with Crippen molar-refractivity contribution in [3.63, 3.8) is 0 Å². The van der Waals surface area contributed by atoms with Crippen molar-refractivity contribution in [2.45, 2.75) is 12.7 Å². The van der Waals surface area contributed by atoms with Crippen LogP contribution in [-0.4, -0.2) is 24.5 Å². The summed E-state index contributed by atoms with van der Waals surface area (Å²) in [6, 6.07) is 5.85. The Hall–Kier alpha value is -1.07. The van der Waals surface area contributed by atoms with Gasteiger partial charge in [0.1, 0.15) is 0 Å². The first-order chi connectivity index (χ1) is 9.00. The van der Waals surface area contributed by atoms with Gasteiger partial charge in [-0.2, -0.15) is 13.2 Å². The molecule has 0 bridgehead atoms. The Bertz CT molecular complexity index is 460. The summed E-state index contributed by atoms with van der Waals surface area (Å²) in [5.74, 6) is 1.83. The van der Waals surface area contributed by atoms with Crippen LogP contribution in [0.5, 0.6) is 0 Å². The number of hydrogen-bond acceptors (Lipinski definition) is 2. The van der Waals surface area contributed by atoms with Crippen LogP contribution in [0.1, 0.15) is 11.1 Å². The topological polar surface area (TPSA) is 29.3 Å². The lowest BCUT2D eigenvalue weighted by atomic mass is 10.1. The highest BCUT2D eigenvalue weighted by atomic mass is 19.4. The lowest BCUT2D eigenvalue weighted by Crippen LogP contribution is -2.27. The molecule has 0 aromatic heterocycles. The Labute approximate surface area is 110 Å². The molecule has 5 heteroatoms. The van der Waals surface area contributed by atoms with E-state index >= 15 is 0 Å². The third-order valence-electron chi connectivity index (χ3n) is 4.44. The van der Waals surface area contributed by atoms with E-state index in [2.05, 4.69) is 4.90 Å². The normalized spacial score (nSPS) is 30.4. The Balaban J connectivity index is 1.69. The van der Waals surface area contributed by atoms with Gasteiger partial charge in [-0.1, -0.05) is 18.2 Å². The summed E-state index contributed by atoms with van der Waals surface area (Å²) in [6.45, 7) is 2.87. The number of benzene rings is 1. The molecule has 1 aliphatic carbocycles. The van der Waals surface area contributed by atoms with Gasteiger partial charge in [-0.3, -0.25) is 4.90 Å². The Kier molecular flexibility index (Phi) is 3.06. The molecular formula is C14H17F3N2. The molecule has 1 aliphatic heterocycles. The first-order valence-electron chi connectivity index (χ1n) is 6.58. The maximum atomic E-state index is 12.9. The van der Waals surface area contributed by atoms with E-state index in [9.17, 15) is 13.2 Å². The third kappa shape index (κ3) is 2.37. The second-order valence-corrected chi connectivity index (χ2v) is 5.58. The number of likely N-dealkylation sites (tertiary alicyclic amines) is 1. The van der Waals surface area contributed by atoms with Crippen molar-refractivity contribution in [2.75, 3.05) is 19.6 Å². The van der Waals surface area contributed by atoms with Gasteiger partial charge in [0.25, 0.3) is 0 Å². The van der Waals surface area contributed by atoms with Crippen molar-refractivity contribution in [3.05, 3.63) is 35.4 Å². The van der Waals surface area contributed by atoms with Gasteiger partial charge < -0.3 is 5.73 Å². The summed E-state index contributed by atoms with van der Waals surface area (Å²) >= 11 is 0. The average molecular weight is 270 g/mol. The number of halogens is 3. The van der Waals surface area contributed by atoms with Crippen LogP contribution in [0.4, 0.5) is 13.2 Å². The SMILES string of the molecule is NCC1C2CN(Cc3ccccc3C(F)(F)F)CC12. The quantitative estimate of drug-likeness (QED) is 0.913. The van der Waals surface area contributed by atoms with Gasteiger partial charge in [0.15, 0.2) is 0 Å². The van der Waals surface area contributed by atoms with Gasteiger partial charge in [0.2, 0.25) is 0 Å². The van der Waals surface area contributed by atoms with Crippen molar-refractivity contribution >= 4 is 0 Å². The van der Waals surface area contributed by atoms with E-state index in [0.717, 1.165) is 19.2 Å². The van der Waals surface area contributed by atoms with Crippen molar-refractivity contribution in [2.24, 2.45) is 23.5 Å². The van der Waals surface area contributed by atoms with Crippen molar-refractivity contribution in [1.82, 2.24) is 4.90 Å². The number of hydrogen-bond donors (Lipinski definition) is 1. The standard InChI is InChI=1S/C14H17F3N2/c15-14(16,17)13-4-2-1-3-9(13)6-19-7-11-10(5-18)12(11)8-19/h1-4,10-12H,5-8,18H2. The highest BCUT2D eigenvalue weighted by molar-refractivity contribution is 5.29. The molecule has 1 heterocycles. The second kappa shape index (κ2) is 4.49.